The Morgan fingerprint density at radius 1 is 1.31 bits per heavy atom. The summed E-state index contributed by atoms with van der Waals surface area (Å²) in [4.78, 5) is 0. The van der Waals surface area contributed by atoms with Crippen LogP contribution in [0, 0.1) is 9.49 Å². The Bertz CT molecular complexity index is 336. The molecule has 88 valence electrons. The minimum absolute atomic E-state index is 0.340. The molecule has 0 spiro atoms. The van der Waals surface area contributed by atoms with Crippen LogP contribution in [0.25, 0.3) is 0 Å². The lowest BCUT2D eigenvalue weighted by Gasteiger charge is -2.34. The topological polar surface area (TPSA) is 12.0 Å². The zero-order chi connectivity index (χ0) is 11.6. The Hall–Kier alpha value is -0.0900. The van der Waals surface area contributed by atoms with Crippen molar-refractivity contribution in [2.75, 3.05) is 6.54 Å². The van der Waals surface area contributed by atoms with Crippen LogP contribution in [0.2, 0.25) is 0 Å². The highest BCUT2D eigenvalue weighted by atomic mass is 127. The fourth-order valence-corrected chi connectivity index (χ4v) is 3.00. The van der Waals surface area contributed by atoms with Crippen LogP contribution in [0.4, 0.5) is 0 Å². The van der Waals surface area contributed by atoms with Gasteiger partial charge in [0, 0.05) is 9.11 Å². The van der Waals surface area contributed by atoms with Crippen LogP contribution in [-0.4, -0.2) is 12.1 Å². The molecule has 16 heavy (non-hydrogen) atoms. The molecule has 1 aliphatic rings. The monoisotopic (exact) mass is 329 g/mol. The van der Waals surface area contributed by atoms with Gasteiger partial charge in [-0.05, 0) is 72.0 Å². The van der Waals surface area contributed by atoms with Crippen LogP contribution in [0.5, 0.6) is 0 Å². The summed E-state index contributed by atoms with van der Waals surface area (Å²) in [6.45, 7) is 5.86. The first-order chi connectivity index (χ1) is 7.62. The highest BCUT2D eigenvalue weighted by Crippen LogP contribution is 2.31. The summed E-state index contributed by atoms with van der Waals surface area (Å²) in [6, 6.07) is 8.95. The number of rotatable bonds is 3. The van der Waals surface area contributed by atoms with Crippen molar-refractivity contribution in [1.29, 1.82) is 0 Å². The first-order valence-corrected chi connectivity index (χ1v) is 7.20. The first-order valence-electron chi connectivity index (χ1n) is 6.12. The average Bonchev–Trinajstić information content (AvgIpc) is 2.71. The molecule has 1 aliphatic heterocycles. The molecule has 1 N–H and O–H groups in total. The maximum Gasteiger partial charge on any atom is 0.0245 e. The molecule has 1 aromatic carbocycles. The second-order valence-electron chi connectivity index (χ2n) is 5.14. The second kappa shape index (κ2) is 5.05. The quantitative estimate of drug-likeness (QED) is 0.836. The van der Waals surface area contributed by atoms with E-state index in [-0.39, 0.29) is 0 Å². The molecule has 1 heterocycles. The third kappa shape index (κ3) is 2.59. The van der Waals surface area contributed by atoms with Crippen LogP contribution >= 0.6 is 22.6 Å². The van der Waals surface area contributed by atoms with Gasteiger partial charge < -0.3 is 5.32 Å². The van der Waals surface area contributed by atoms with E-state index in [9.17, 15) is 0 Å². The van der Waals surface area contributed by atoms with Crippen molar-refractivity contribution in [2.24, 2.45) is 5.92 Å². The van der Waals surface area contributed by atoms with E-state index in [1.165, 1.54) is 34.9 Å². The van der Waals surface area contributed by atoms with Crippen LogP contribution in [0.3, 0.4) is 0 Å². The van der Waals surface area contributed by atoms with Crippen LogP contribution in [-0.2, 0) is 6.42 Å². The molecule has 0 radical (unpaired) electrons. The lowest BCUT2D eigenvalue weighted by molar-refractivity contribution is 0.269. The molecule has 1 nitrogen and oxygen atoms in total. The number of halogens is 1. The Morgan fingerprint density at radius 3 is 2.50 bits per heavy atom. The molecule has 1 aromatic rings. The van der Waals surface area contributed by atoms with Crippen molar-refractivity contribution in [3.05, 3.63) is 33.4 Å². The maximum atomic E-state index is 3.73. The molecular formula is C14H20IN. The van der Waals surface area contributed by atoms with E-state index in [2.05, 4.69) is 66.0 Å². The standard InChI is InChI=1S/C14H20IN/c1-11(2)14(8-3-9-16-14)10-12-4-6-13(15)7-5-12/h4-7,11,16H,3,8-10H2,1-2H3. The van der Waals surface area contributed by atoms with E-state index in [0.29, 0.717) is 11.5 Å². The summed E-state index contributed by atoms with van der Waals surface area (Å²) in [6.07, 6.45) is 3.81. The lowest BCUT2D eigenvalue weighted by Crippen LogP contribution is -2.46. The van der Waals surface area contributed by atoms with E-state index in [1.807, 2.05) is 0 Å². The number of hydrogen-bond acceptors (Lipinski definition) is 1. The average molecular weight is 329 g/mol. The zero-order valence-electron chi connectivity index (χ0n) is 10.1. The molecule has 1 unspecified atom stereocenters. The van der Waals surface area contributed by atoms with Gasteiger partial charge in [0.25, 0.3) is 0 Å². The Kier molecular flexibility index (Phi) is 3.90. The van der Waals surface area contributed by atoms with Gasteiger partial charge in [0.2, 0.25) is 0 Å². The molecule has 0 aliphatic carbocycles. The molecule has 1 fully saturated rings. The van der Waals surface area contributed by atoms with E-state index >= 15 is 0 Å². The van der Waals surface area contributed by atoms with Crippen molar-refractivity contribution in [2.45, 2.75) is 38.6 Å². The van der Waals surface area contributed by atoms with E-state index in [1.54, 1.807) is 0 Å². The summed E-state index contributed by atoms with van der Waals surface area (Å²) < 4.78 is 1.32. The van der Waals surface area contributed by atoms with E-state index in [0.717, 1.165) is 0 Å². The Balaban J connectivity index is 2.14. The maximum absolute atomic E-state index is 3.73. The summed E-state index contributed by atoms with van der Waals surface area (Å²) in [7, 11) is 0. The smallest absolute Gasteiger partial charge is 0.0245 e. The van der Waals surface area contributed by atoms with Crippen molar-refractivity contribution in [3.63, 3.8) is 0 Å². The van der Waals surface area contributed by atoms with Gasteiger partial charge in [-0.3, -0.25) is 0 Å². The largest absolute Gasteiger partial charge is 0.311 e. The van der Waals surface area contributed by atoms with Gasteiger partial charge in [-0.25, -0.2) is 0 Å². The van der Waals surface area contributed by atoms with Crippen LogP contribution < -0.4 is 5.32 Å². The fourth-order valence-electron chi connectivity index (χ4n) is 2.64. The molecule has 1 atom stereocenters. The van der Waals surface area contributed by atoms with Gasteiger partial charge in [0.15, 0.2) is 0 Å². The number of nitrogens with one attached hydrogen (secondary N) is 1. The van der Waals surface area contributed by atoms with E-state index < -0.39 is 0 Å². The van der Waals surface area contributed by atoms with Gasteiger partial charge >= 0.3 is 0 Å². The van der Waals surface area contributed by atoms with Crippen molar-refractivity contribution >= 4 is 22.6 Å². The molecule has 2 heteroatoms. The van der Waals surface area contributed by atoms with Gasteiger partial charge in [-0.2, -0.15) is 0 Å². The Morgan fingerprint density at radius 2 is 2.00 bits per heavy atom. The summed E-state index contributed by atoms with van der Waals surface area (Å²) in [5.41, 5.74) is 1.80. The summed E-state index contributed by atoms with van der Waals surface area (Å²) >= 11 is 2.36. The second-order valence-corrected chi connectivity index (χ2v) is 6.39. The number of hydrogen-bond donors (Lipinski definition) is 1. The summed E-state index contributed by atoms with van der Waals surface area (Å²) in [5, 5.41) is 3.73. The molecule has 0 aromatic heterocycles. The highest BCUT2D eigenvalue weighted by Gasteiger charge is 2.36. The lowest BCUT2D eigenvalue weighted by atomic mass is 9.80. The highest BCUT2D eigenvalue weighted by molar-refractivity contribution is 14.1. The minimum Gasteiger partial charge on any atom is -0.311 e. The predicted octanol–water partition coefficient (Wildman–Crippen LogP) is 3.61. The normalized spacial score (nSPS) is 25.2. The predicted molar refractivity (Wildman–Crippen MR) is 77.7 cm³/mol. The van der Waals surface area contributed by atoms with Crippen LogP contribution in [0.1, 0.15) is 32.3 Å². The zero-order valence-corrected chi connectivity index (χ0v) is 12.3. The van der Waals surface area contributed by atoms with E-state index in [4.69, 9.17) is 0 Å². The molecule has 0 bridgehead atoms. The van der Waals surface area contributed by atoms with Crippen molar-refractivity contribution < 1.29 is 0 Å². The minimum atomic E-state index is 0.340. The third-order valence-electron chi connectivity index (χ3n) is 3.81. The fraction of sp³-hybridized carbons (Fsp3) is 0.571. The molecule has 0 amide bonds. The SMILES string of the molecule is CC(C)C1(Cc2ccc(I)cc2)CCCN1. The van der Waals surface area contributed by atoms with Crippen molar-refractivity contribution in [1.82, 2.24) is 5.32 Å². The number of benzene rings is 1. The van der Waals surface area contributed by atoms with Crippen LogP contribution in [0.15, 0.2) is 24.3 Å². The van der Waals surface area contributed by atoms with Gasteiger partial charge in [0.05, 0.1) is 0 Å². The molecule has 1 saturated heterocycles. The Labute approximate surface area is 112 Å². The summed E-state index contributed by atoms with van der Waals surface area (Å²) in [5.74, 6) is 0.703. The molecule has 0 saturated carbocycles. The first kappa shape index (κ1) is 12.4. The third-order valence-corrected chi connectivity index (χ3v) is 4.53. The van der Waals surface area contributed by atoms with Crippen molar-refractivity contribution in [3.8, 4) is 0 Å². The van der Waals surface area contributed by atoms with Gasteiger partial charge in [0.1, 0.15) is 0 Å². The molecule has 2 rings (SSSR count). The van der Waals surface area contributed by atoms with Gasteiger partial charge in [-0.1, -0.05) is 26.0 Å². The van der Waals surface area contributed by atoms with Gasteiger partial charge in [-0.15, -0.1) is 0 Å². The molecular weight excluding hydrogens is 309 g/mol.